The number of nitrogens with one attached hydrogen (secondary N) is 1. The van der Waals surface area contributed by atoms with Gasteiger partial charge in [-0.3, -0.25) is 4.79 Å². The third-order valence-electron chi connectivity index (χ3n) is 4.43. The lowest BCUT2D eigenvalue weighted by molar-refractivity contribution is -0.123. The highest BCUT2D eigenvalue weighted by Gasteiger charge is 2.05. The van der Waals surface area contributed by atoms with Crippen molar-refractivity contribution in [3.05, 3.63) is 94.0 Å². The number of ether oxygens (including phenoxy) is 2. The van der Waals surface area contributed by atoms with E-state index in [1.165, 1.54) is 5.56 Å². The molecule has 0 aliphatic heterocycles. The van der Waals surface area contributed by atoms with Gasteiger partial charge in [0.05, 0.1) is 6.21 Å². The molecule has 0 atom stereocenters. The smallest absolute Gasteiger partial charge is 0.277 e. The average molecular weight is 481 g/mol. The van der Waals surface area contributed by atoms with E-state index >= 15 is 0 Å². The molecule has 31 heavy (non-hydrogen) atoms. The Morgan fingerprint density at radius 3 is 2.52 bits per heavy atom. The highest BCUT2D eigenvalue weighted by molar-refractivity contribution is 9.10. The summed E-state index contributed by atoms with van der Waals surface area (Å²) < 4.78 is 12.3. The van der Waals surface area contributed by atoms with Gasteiger partial charge < -0.3 is 9.47 Å². The van der Waals surface area contributed by atoms with Crippen molar-refractivity contribution in [2.24, 2.45) is 5.10 Å². The van der Waals surface area contributed by atoms with Gasteiger partial charge in [-0.25, -0.2) is 5.43 Å². The van der Waals surface area contributed by atoms with E-state index in [1.54, 1.807) is 6.21 Å². The first kappa shape index (κ1) is 22.6. The van der Waals surface area contributed by atoms with E-state index in [2.05, 4.69) is 33.4 Å². The molecule has 0 aliphatic carbocycles. The van der Waals surface area contributed by atoms with E-state index in [9.17, 15) is 4.79 Å². The van der Waals surface area contributed by atoms with Gasteiger partial charge in [0.15, 0.2) is 6.61 Å². The third kappa shape index (κ3) is 7.57. The predicted octanol–water partition coefficient (Wildman–Crippen LogP) is 5.51. The molecule has 0 saturated carbocycles. The van der Waals surface area contributed by atoms with E-state index in [1.807, 2.05) is 72.8 Å². The Morgan fingerprint density at radius 1 is 1.00 bits per heavy atom. The lowest BCUT2D eigenvalue weighted by Gasteiger charge is -2.10. The topological polar surface area (TPSA) is 59.9 Å². The normalized spacial score (nSPS) is 10.8. The Bertz CT molecular complexity index is 1010. The van der Waals surface area contributed by atoms with Gasteiger partial charge in [0.25, 0.3) is 5.91 Å². The number of carbonyl (C=O) groups excluding carboxylic acids is 1. The number of nitrogens with zero attached hydrogens (tertiary/aromatic N) is 1. The summed E-state index contributed by atoms with van der Waals surface area (Å²) in [7, 11) is 0. The fraction of sp³-hybridized carbons (Fsp3) is 0.200. The van der Waals surface area contributed by atoms with E-state index in [0.717, 1.165) is 28.4 Å². The van der Waals surface area contributed by atoms with Crippen LogP contribution in [-0.2, 0) is 17.8 Å². The molecule has 0 fully saturated rings. The van der Waals surface area contributed by atoms with Gasteiger partial charge in [0.1, 0.15) is 18.1 Å². The van der Waals surface area contributed by atoms with Crippen molar-refractivity contribution in [2.75, 3.05) is 6.61 Å². The molecule has 0 saturated heterocycles. The third-order valence-corrected chi connectivity index (χ3v) is 4.93. The quantitative estimate of drug-likeness (QED) is 0.307. The Labute approximate surface area is 191 Å². The largest absolute Gasteiger partial charge is 0.488 e. The minimum absolute atomic E-state index is 0.111. The highest BCUT2D eigenvalue weighted by Crippen LogP contribution is 2.23. The van der Waals surface area contributed by atoms with Crippen molar-refractivity contribution in [3.8, 4) is 11.5 Å². The van der Waals surface area contributed by atoms with Crippen LogP contribution in [0.4, 0.5) is 0 Å². The summed E-state index contributed by atoms with van der Waals surface area (Å²) in [6, 6.07) is 23.3. The van der Waals surface area contributed by atoms with Crippen LogP contribution in [0.3, 0.4) is 0 Å². The number of rotatable bonds is 10. The van der Waals surface area contributed by atoms with Gasteiger partial charge in [-0.05, 0) is 47.9 Å². The zero-order valence-electron chi connectivity index (χ0n) is 17.4. The second-order valence-corrected chi connectivity index (χ2v) is 7.85. The second kappa shape index (κ2) is 11.9. The molecule has 0 aromatic heterocycles. The molecular weight excluding hydrogens is 456 g/mol. The fourth-order valence-electron chi connectivity index (χ4n) is 2.88. The number of hydrazone groups is 1. The van der Waals surface area contributed by atoms with Crippen LogP contribution in [0.1, 0.15) is 30.0 Å². The number of benzene rings is 3. The summed E-state index contributed by atoms with van der Waals surface area (Å²) in [6.07, 6.45) is 3.68. The second-order valence-electron chi connectivity index (χ2n) is 6.93. The number of aryl methyl sites for hydroxylation is 1. The van der Waals surface area contributed by atoms with Crippen molar-refractivity contribution in [3.63, 3.8) is 0 Å². The van der Waals surface area contributed by atoms with Crippen molar-refractivity contribution >= 4 is 28.1 Å². The van der Waals surface area contributed by atoms with E-state index in [-0.39, 0.29) is 12.5 Å². The van der Waals surface area contributed by atoms with Crippen molar-refractivity contribution < 1.29 is 14.3 Å². The fourth-order valence-corrected chi connectivity index (χ4v) is 3.26. The molecule has 5 nitrogen and oxygen atoms in total. The number of hydrogen-bond donors (Lipinski definition) is 1. The summed E-state index contributed by atoms with van der Waals surface area (Å²) in [6.45, 7) is 2.47. The predicted molar refractivity (Wildman–Crippen MR) is 127 cm³/mol. The molecule has 0 radical (unpaired) electrons. The molecule has 0 unspecified atom stereocenters. The Kier molecular flexibility index (Phi) is 8.67. The molecule has 0 bridgehead atoms. The van der Waals surface area contributed by atoms with Gasteiger partial charge in [-0.2, -0.15) is 5.10 Å². The van der Waals surface area contributed by atoms with Crippen molar-refractivity contribution in [1.29, 1.82) is 0 Å². The summed E-state index contributed by atoms with van der Waals surface area (Å²) >= 11 is 3.45. The Balaban J connectivity index is 1.52. The molecule has 0 spiro atoms. The molecule has 6 heteroatoms. The maximum absolute atomic E-state index is 12.0. The first-order chi connectivity index (χ1) is 15.1. The van der Waals surface area contributed by atoms with Gasteiger partial charge in [0.2, 0.25) is 0 Å². The monoisotopic (exact) mass is 480 g/mol. The van der Waals surface area contributed by atoms with Crippen LogP contribution in [-0.4, -0.2) is 18.7 Å². The van der Waals surface area contributed by atoms with Crippen molar-refractivity contribution in [2.45, 2.75) is 26.4 Å². The number of amides is 1. The SMILES string of the molecule is CCCc1ccc(OCC(=O)N/N=C/c2cc(Br)ccc2OCc2ccccc2)cc1. The number of hydrogen-bond acceptors (Lipinski definition) is 4. The van der Waals surface area contributed by atoms with Gasteiger partial charge in [0, 0.05) is 10.0 Å². The Morgan fingerprint density at radius 2 is 1.77 bits per heavy atom. The summed E-state index contributed by atoms with van der Waals surface area (Å²) in [5, 5.41) is 4.04. The summed E-state index contributed by atoms with van der Waals surface area (Å²) in [5.41, 5.74) is 5.56. The summed E-state index contributed by atoms with van der Waals surface area (Å²) in [4.78, 5) is 12.0. The van der Waals surface area contributed by atoms with Gasteiger partial charge in [-0.15, -0.1) is 0 Å². The van der Waals surface area contributed by atoms with Crippen LogP contribution in [0.5, 0.6) is 11.5 Å². The first-order valence-electron chi connectivity index (χ1n) is 10.1. The average Bonchev–Trinajstić information content (AvgIpc) is 2.79. The molecule has 1 N–H and O–H groups in total. The van der Waals surface area contributed by atoms with E-state index < -0.39 is 0 Å². The van der Waals surface area contributed by atoms with Crippen LogP contribution in [0.25, 0.3) is 0 Å². The number of halogens is 1. The molecule has 3 aromatic rings. The molecule has 1 amide bonds. The van der Waals surface area contributed by atoms with Crippen LogP contribution >= 0.6 is 15.9 Å². The number of carbonyl (C=O) groups is 1. The minimum atomic E-state index is -0.337. The van der Waals surface area contributed by atoms with Gasteiger partial charge >= 0.3 is 0 Å². The lowest BCUT2D eigenvalue weighted by atomic mass is 10.1. The zero-order valence-corrected chi connectivity index (χ0v) is 19.0. The molecule has 0 heterocycles. The van der Waals surface area contributed by atoms with E-state index in [4.69, 9.17) is 9.47 Å². The van der Waals surface area contributed by atoms with Crippen LogP contribution < -0.4 is 14.9 Å². The molecule has 3 rings (SSSR count). The molecule has 160 valence electrons. The summed E-state index contributed by atoms with van der Waals surface area (Å²) in [5.74, 6) is 0.992. The van der Waals surface area contributed by atoms with Gasteiger partial charge in [-0.1, -0.05) is 71.7 Å². The van der Waals surface area contributed by atoms with E-state index in [0.29, 0.717) is 18.1 Å². The minimum Gasteiger partial charge on any atom is -0.488 e. The van der Waals surface area contributed by atoms with Crippen LogP contribution in [0.15, 0.2) is 82.4 Å². The Hall–Kier alpha value is -3.12. The van der Waals surface area contributed by atoms with Crippen molar-refractivity contribution in [1.82, 2.24) is 5.43 Å². The highest BCUT2D eigenvalue weighted by atomic mass is 79.9. The lowest BCUT2D eigenvalue weighted by Crippen LogP contribution is -2.24. The van der Waals surface area contributed by atoms with Crippen LogP contribution in [0, 0.1) is 0 Å². The molecular formula is C25H25BrN2O3. The maximum Gasteiger partial charge on any atom is 0.277 e. The standard InChI is InChI=1S/C25H25BrN2O3/c1-2-6-19-9-12-23(13-10-19)30-18-25(29)28-27-16-21-15-22(26)11-14-24(21)31-17-20-7-4-3-5-8-20/h3-5,7-16H,2,6,17-18H2,1H3,(H,28,29)/b27-16+. The zero-order chi connectivity index (χ0) is 21.9. The first-order valence-corrected chi connectivity index (χ1v) is 10.9. The molecule has 3 aromatic carbocycles. The molecule has 0 aliphatic rings. The van der Waals surface area contributed by atoms with Crippen LogP contribution in [0.2, 0.25) is 0 Å². The maximum atomic E-state index is 12.0.